The molecule has 9 nitrogen and oxygen atoms in total. The smallest absolute Gasteiger partial charge is 0.186 e. The second kappa shape index (κ2) is 12.2. The van der Waals surface area contributed by atoms with Crippen molar-refractivity contribution in [2.75, 3.05) is 45.3 Å². The lowest BCUT2D eigenvalue weighted by Crippen LogP contribution is -2.48. The fraction of sp³-hybridized carbons (Fsp3) is 0.286. The van der Waals surface area contributed by atoms with Gasteiger partial charge in [-0.3, -0.25) is 4.90 Å². The molecule has 1 fully saturated rings. The zero-order valence-corrected chi connectivity index (χ0v) is 23.7. The van der Waals surface area contributed by atoms with E-state index in [1.54, 1.807) is 42.4 Å². The summed E-state index contributed by atoms with van der Waals surface area (Å²) < 4.78 is 27.8. The summed E-state index contributed by atoms with van der Waals surface area (Å²) in [5.41, 5.74) is 2.85. The van der Waals surface area contributed by atoms with Gasteiger partial charge in [0.05, 0.1) is 31.0 Å². The quantitative estimate of drug-likeness (QED) is 0.258. The molecule has 0 aliphatic carbocycles. The molecular weight excluding hydrogens is 553 g/mol. The van der Waals surface area contributed by atoms with Gasteiger partial charge in [0.2, 0.25) is 0 Å². The van der Waals surface area contributed by atoms with Crippen LogP contribution in [-0.4, -0.2) is 70.5 Å². The summed E-state index contributed by atoms with van der Waals surface area (Å²) in [4.78, 5) is 9.56. The molecule has 1 atom stereocenters. The molecular formula is C28H29ClFN7O2S. The molecule has 0 saturated carbocycles. The fourth-order valence-corrected chi connectivity index (χ4v) is 6.02. The van der Waals surface area contributed by atoms with Crippen LogP contribution in [0.4, 0.5) is 9.52 Å². The maximum Gasteiger partial charge on any atom is 0.186 e. The minimum atomic E-state index is -0.289. The zero-order chi connectivity index (χ0) is 26.8. The Balaban J connectivity index is 0.00000323. The van der Waals surface area contributed by atoms with Crippen molar-refractivity contribution in [2.45, 2.75) is 12.6 Å². The van der Waals surface area contributed by atoms with Crippen LogP contribution in [0, 0.1) is 5.82 Å². The molecule has 0 spiro atoms. The number of anilines is 1. The first-order chi connectivity index (χ1) is 19.1. The number of hydrogen-bond donors (Lipinski definition) is 0. The van der Waals surface area contributed by atoms with Crippen LogP contribution >= 0.6 is 23.7 Å². The predicted octanol–water partition coefficient (Wildman–Crippen LogP) is 4.82. The molecule has 0 N–H and O–H groups in total. The number of thiazole rings is 1. The molecule has 6 rings (SSSR count). The van der Waals surface area contributed by atoms with Crippen LogP contribution < -0.4 is 14.4 Å². The summed E-state index contributed by atoms with van der Waals surface area (Å²) in [5.74, 6) is 1.85. The Morgan fingerprint density at radius 2 is 1.73 bits per heavy atom. The molecule has 5 aromatic rings. The molecule has 1 unspecified atom stereocenters. The number of tetrazole rings is 1. The summed E-state index contributed by atoms with van der Waals surface area (Å²) in [6.45, 7) is 3.57. The van der Waals surface area contributed by atoms with E-state index in [1.807, 2.05) is 30.3 Å². The Morgan fingerprint density at radius 1 is 0.950 bits per heavy atom. The van der Waals surface area contributed by atoms with Crippen molar-refractivity contribution in [3.63, 3.8) is 0 Å². The number of nitrogens with zero attached hydrogens (tertiary/aromatic N) is 7. The van der Waals surface area contributed by atoms with E-state index in [0.717, 1.165) is 59.5 Å². The largest absolute Gasteiger partial charge is 0.497 e. The molecule has 1 aliphatic rings. The van der Waals surface area contributed by atoms with Crippen molar-refractivity contribution in [3.8, 4) is 11.5 Å². The first-order valence-corrected chi connectivity index (χ1v) is 13.5. The second-order valence-corrected chi connectivity index (χ2v) is 10.3. The number of benzene rings is 3. The normalized spacial score (nSPS) is 14.6. The Hall–Kier alpha value is -3.80. The van der Waals surface area contributed by atoms with Crippen LogP contribution in [0.5, 0.6) is 11.5 Å². The van der Waals surface area contributed by atoms with Crippen LogP contribution in [0.15, 0.2) is 66.7 Å². The van der Waals surface area contributed by atoms with Crippen molar-refractivity contribution >= 4 is 39.1 Å². The summed E-state index contributed by atoms with van der Waals surface area (Å²) in [5, 5.41) is 13.9. The molecule has 2 aromatic heterocycles. The highest BCUT2D eigenvalue weighted by atomic mass is 35.5. The third-order valence-electron chi connectivity index (χ3n) is 7.01. The third kappa shape index (κ3) is 5.58. The standard InChI is InChI=1S/C28H28FN7O2S.ClH/c1-37-21-11-12-24(38-2)22(17-21)26(27-31-32-33-36(27)18-19-7-9-20(29)10-8-19)34-13-15-35(16-14-34)28-30-23-5-3-4-6-25(23)39-28;/h3-12,17,26H,13-16,18H2,1-2H3;1H. The molecule has 3 aromatic carbocycles. The highest BCUT2D eigenvalue weighted by Crippen LogP contribution is 2.38. The van der Waals surface area contributed by atoms with Gasteiger partial charge in [0.1, 0.15) is 23.4 Å². The molecule has 0 radical (unpaired) electrons. The van der Waals surface area contributed by atoms with E-state index in [1.165, 1.54) is 16.8 Å². The van der Waals surface area contributed by atoms with Crippen molar-refractivity contribution in [2.24, 2.45) is 0 Å². The van der Waals surface area contributed by atoms with Gasteiger partial charge in [0.15, 0.2) is 11.0 Å². The van der Waals surface area contributed by atoms with E-state index in [2.05, 4.69) is 37.5 Å². The summed E-state index contributed by atoms with van der Waals surface area (Å²) in [6, 6.07) is 20.1. The lowest BCUT2D eigenvalue weighted by molar-refractivity contribution is 0.197. The highest BCUT2D eigenvalue weighted by molar-refractivity contribution is 7.22. The number of hydrogen-bond acceptors (Lipinski definition) is 9. The topological polar surface area (TPSA) is 81.4 Å². The molecule has 12 heteroatoms. The average Bonchev–Trinajstić information content (AvgIpc) is 3.62. The highest BCUT2D eigenvalue weighted by Gasteiger charge is 2.33. The van der Waals surface area contributed by atoms with Crippen molar-refractivity contribution in [1.29, 1.82) is 0 Å². The number of fused-ring (bicyclic) bond motifs is 1. The summed E-state index contributed by atoms with van der Waals surface area (Å²) in [6.07, 6.45) is 0. The van der Waals surface area contributed by atoms with Crippen molar-refractivity contribution in [1.82, 2.24) is 30.1 Å². The van der Waals surface area contributed by atoms with Gasteiger partial charge in [-0.2, -0.15) is 0 Å². The molecule has 1 aliphatic heterocycles. The van der Waals surface area contributed by atoms with E-state index in [9.17, 15) is 4.39 Å². The minimum absolute atomic E-state index is 0. The van der Waals surface area contributed by atoms with Crippen molar-refractivity contribution in [3.05, 3.63) is 89.5 Å². The number of rotatable bonds is 8. The monoisotopic (exact) mass is 581 g/mol. The van der Waals surface area contributed by atoms with Crippen molar-refractivity contribution < 1.29 is 13.9 Å². The average molecular weight is 582 g/mol. The number of para-hydroxylation sites is 1. The van der Waals surface area contributed by atoms with Crippen LogP contribution in [0.25, 0.3) is 10.2 Å². The Bertz CT molecular complexity index is 1540. The van der Waals surface area contributed by atoms with E-state index in [4.69, 9.17) is 14.5 Å². The number of piperazine rings is 1. The molecule has 0 bridgehead atoms. The second-order valence-electron chi connectivity index (χ2n) is 9.32. The van der Waals surface area contributed by atoms with Gasteiger partial charge >= 0.3 is 0 Å². The maximum absolute atomic E-state index is 13.5. The van der Waals surface area contributed by atoms with E-state index < -0.39 is 0 Å². The fourth-order valence-electron chi connectivity index (χ4n) is 5.00. The first kappa shape index (κ1) is 27.8. The van der Waals surface area contributed by atoms with Crippen LogP contribution in [0.1, 0.15) is 23.0 Å². The van der Waals surface area contributed by atoms with E-state index in [0.29, 0.717) is 12.4 Å². The SMILES string of the molecule is COc1ccc(OC)c(C(c2nnnn2Cc2ccc(F)cc2)N2CCN(c3nc4ccccc4s3)CC2)c1.Cl. The Labute approximate surface area is 241 Å². The molecule has 1 saturated heterocycles. The van der Waals surface area contributed by atoms with Crippen LogP contribution in [-0.2, 0) is 6.54 Å². The number of aromatic nitrogens is 5. The lowest BCUT2D eigenvalue weighted by atomic mass is 10.0. The van der Waals surface area contributed by atoms with Gasteiger partial charge in [0, 0.05) is 31.7 Å². The third-order valence-corrected chi connectivity index (χ3v) is 8.11. The number of methoxy groups -OCH3 is 2. The summed E-state index contributed by atoms with van der Waals surface area (Å²) >= 11 is 1.72. The molecule has 40 heavy (non-hydrogen) atoms. The Morgan fingerprint density at radius 3 is 2.45 bits per heavy atom. The van der Waals surface area contributed by atoms with Gasteiger partial charge in [-0.15, -0.1) is 17.5 Å². The first-order valence-electron chi connectivity index (χ1n) is 12.7. The van der Waals surface area contributed by atoms with Gasteiger partial charge in [-0.25, -0.2) is 14.1 Å². The lowest BCUT2D eigenvalue weighted by Gasteiger charge is -2.39. The molecule has 0 amide bonds. The zero-order valence-electron chi connectivity index (χ0n) is 22.1. The van der Waals surface area contributed by atoms with Gasteiger partial charge in [0.25, 0.3) is 0 Å². The summed E-state index contributed by atoms with van der Waals surface area (Å²) in [7, 11) is 3.31. The number of ether oxygens (including phenoxy) is 2. The molecule has 208 valence electrons. The van der Waals surface area contributed by atoms with Gasteiger partial charge in [-0.1, -0.05) is 35.6 Å². The Kier molecular flexibility index (Phi) is 8.43. The number of halogens is 2. The maximum atomic E-state index is 13.5. The van der Waals surface area contributed by atoms with Crippen LogP contribution in [0.3, 0.4) is 0 Å². The van der Waals surface area contributed by atoms with Gasteiger partial charge < -0.3 is 14.4 Å². The predicted molar refractivity (Wildman–Crippen MR) is 155 cm³/mol. The minimum Gasteiger partial charge on any atom is -0.497 e. The van der Waals surface area contributed by atoms with E-state index >= 15 is 0 Å². The van der Waals surface area contributed by atoms with Crippen LogP contribution in [0.2, 0.25) is 0 Å². The molecule has 3 heterocycles. The van der Waals surface area contributed by atoms with Gasteiger partial charge in [-0.05, 0) is 58.5 Å². The van der Waals surface area contributed by atoms with E-state index in [-0.39, 0.29) is 24.3 Å².